The van der Waals surface area contributed by atoms with Gasteiger partial charge in [0.15, 0.2) is 11.6 Å². The van der Waals surface area contributed by atoms with Crippen LogP contribution in [0.4, 0.5) is 29.7 Å². The first-order chi connectivity index (χ1) is 17.4. The van der Waals surface area contributed by atoms with Crippen LogP contribution in [-0.4, -0.2) is 64.2 Å². The topological polar surface area (TPSA) is 94.0 Å². The zero-order valence-corrected chi connectivity index (χ0v) is 19.5. The Morgan fingerprint density at radius 2 is 1.67 bits per heavy atom. The summed E-state index contributed by atoms with van der Waals surface area (Å²) in [6.45, 7) is 1.40. The Balaban J connectivity index is 1.22. The fraction of sp³-hybridized carbons (Fsp3) is 0.458. The number of carbonyl (C=O) groups excluding carboxylic acids is 2. The van der Waals surface area contributed by atoms with Crippen molar-refractivity contribution in [2.45, 2.75) is 38.1 Å². The van der Waals surface area contributed by atoms with Crippen LogP contribution in [0.2, 0.25) is 0 Å². The fourth-order valence-electron chi connectivity index (χ4n) is 4.89. The first kappa shape index (κ1) is 24.0. The van der Waals surface area contributed by atoms with Gasteiger partial charge in [-0.2, -0.15) is 10.1 Å². The number of benzene rings is 1. The van der Waals surface area contributed by atoms with Gasteiger partial charge in [0.2, 0.25) is 11.9 Å². The average Bonchev–Trinajstić information content (AvgIpc) is 3.57. The Bertz CT molecular complexity index is 1160. The van der Waals surface area contributed by atoms with Gasteiger partial charge < -0.3 is 15.1 Å². The van der Waals surface area contributed by atoms with Gasteiger partial charge in [-0.05, 0) is 30.5 Å². The molecule has 1 N–H and O–H groups in total. The van der Waals surface area contributed by atoms with Crippen molar-refractivity contribution in [3.8, 4) is 0 Å². The Morgan fingerprint density at radius 1 is 0.972 bits per heavy atom. The Morgan fingerprint density at radius 3 is 2.36 bits per heavy atom. The summed E-state index contributed by atoms with van der Waals surface area (Å²) in [5.41, 5.74) is 0.337. The van der Waals surface area contributed by atoms with Gasteiger partial charge in [-0.3, -0.25) is 4.79 Å². The van der Waals surface area contributed by atoms with E-state index in [4.69, 9.17) is 0 Å². The lowest BCUT2D eigenvalue weighted by atomic mass is 10.0. The van der Waals surface area contributed by atoms with Crippen molar-refractivity contribution >= 4 is 29.9 Å². The van der Waals surface area contributed by atoms with E-state index < -0.39 is 23.5 Å². The van der Waals surface area contributed by atoms with Crippen molar-refractivity contribution in [2.75, 3.05) is 36.4 Å². The van der Waals surface area contributed by atoms with Crippen molar-refractivity contribution < 1.29 is 22.8 Å². The zero-order valence-electron chi connectivity index (χ0n) is 19.5. The highest BCUT2D eigenvalue weighted by Gasteiger charge is 2.34. The van der Waals surface area contributed by atoms with Crippen molar-refractivity contribution in [3.05, 3.63) is 47.4 Å². The smallest absolute Gasteiger partial charge is 0.337 e. The van der Waals surface area contributed by atoms with Gasteiger partial charge in [0.25, 0.3) is 0 Å². The predicted molar refractivity (Wildman–Crippen MR) is 126 cm³/mol. The molecule has 12 heteroatoms. The number of halogens is 3. The minimum atomic E-state index is -0.712. The highest BCUT2D eigenvalue weighted by Crippen LogP contribution is 2.31. The highest BCUT2D eigenvalue weighted by molar-refractivity contribution is 5.92. The van der Waals surface area contributed by atoms with Crippen LogP contribution in [0.25, 0.3) is 0 Å². The molecule has 3 aliphatic rings. The van der Waals surface area contributed by atoms with E-state index in [1.165, 1.54) is 17.1 Å². The van der Waals surface area contributed by atoms with E-state index >= 15 is 0 Å². The maximum absolute atomic E-state index is 14.3. The Labute approximate surface area is 206 Å². The minimum Gasteiger partial charge on any atom is -0.337 e. The van der Waals surface area contributed by atoms with Crippen LogP contribution in [0.3, 0.4) is 0 Å². The second kappa shape index (κ2) is 10.1. The molecule has 1 aromatic carbocycles. The number of carbonyl (C=O) groups is 2. The Hall–Kier alpha value is -3.70. The summed E-state index contributed by atoms with van der Waals surface area (Å²) < 4.78 is 41.7. The zero-order chi connectivity index (χ0) is 25.2. The SMILES string of the molecule is O=C(Nc1nc(N2CCN(C(=O)N3N=CCC3c3cc(F)cc(F)c3)CC2)ncc1F)C1CCCC1. The van der Waals surface area contributed by atoms with Gasteiger partial charge in [-0.25, -0.2) is 28.0 Å². The van der Waals surface area contributed by atoms with E-state index in [-0.39, 0.29) is 29.6 Å². The van der Waals surface area contributed by atoms with Crippen LogP contribution in [0.15, 0.2) is 29.5 Å². The predicted octanol–water partition coefficient (Wildman–Crippen LogP) is 3.70. The molecule has 1 saturated carbocycles. The van der Waals surface area contributed by atoms with E-state index in [0.29, 0.717) is 38.2 Å². The third-order valence-electron chi connectivity index (χ3n) is 6.83. The maximum Gasteiger partial charge on any atom is 0.341 e. The molecule has 0 radical (unpaired) electrons. The van der Waals surface area contributed by atoms with Crippen LogP contribution < -0.4 is 10.2 Å². The van der Waals surface area contributed by atoms with E-state index in [0.717, 1.165) is 37.9 Å². The van der Waals surface area contributed by atoms with Crippen molar-refractivity contribution in [1.82, 2.24) is 19.9 Å². The summed E-state index contributed by atoms with van der Waals surface area (Å²) in [5.74, 6) is -2.37. The molecule has 0 bridgehead atoms. The number of piperazine rings is 1. The van der Waals surface area contributed by atoms with Gasteiger partial charge in [0, 0.05) is 50.8 Å². The Kier molecular flexibility index (Phi) is 6.75. The molecule has 0 spiro atoms. The summed E-state index contributed by atoms with van der Waals surface area (Å²) in [7, 11) is 0. The molecule has 3 amide bonds. The summed E-state index contributed by atoms with van der Waals surface area (Å²) in [6.07, 6.45) is 6.49. The fourth-order valence-corrected chi connectivity index (χ4v) is 4.89. The quantitative estimate of drug-likeness (QED) is 0.690. The molecule has 2 fully saturated rings. The molecule has 9 nitrogen and oxygen atoms in total. The summed E-state index contributed by atoms with van der Waals surface area (Å²) in [6, 6.07) is 2.23. The molecule has 1 atom stereocenters. The van der Waals surface area contributed by atoms with Gasteiger partial charge in [-0.15, -0.1) is 0 Å². The van der Waals surface area contributed by atoms with Crippen LogP contribution in [0.5, 0.6) is 0 Å². The van der Waals surface area contributed by atoms with Crippen molar-refractivity contribution in [3.63, 3.8) is 0 Å². The lowest BCUT2D eigenvalue weighted by Gasteiger charge is -2.37. The lowest BCUT2D eigenvalue weighted by Crippen LogP contribution is -2.52. The van der Waals surface area contributed by atoms with Crippen LogP contribution >= 0.6 is 0 Å². The molecular weight excluding hydrogens is 475 g/mol. The molecule has 5 rings (SSSR count). The number of rotatable bonds is 4. The van der Waals surface area contributed by atoms with Crippen molar-refractivity contribution in [2.24, 2.45) is 11.0 Å². The molecule has 3 heterocycles. The van der Waals surface area contributed by atoms with Gasteiger partial charge in [-0.1, -0.05) is 12.8 Å². The lowest BCUT2D eigenvalue weighted by molar-refractivity contribution is -0.119. The number of hydrogen-bond donors (Lipinski definition) is 1. The number of amides is 3. The monoisotopic (exact) mass is 501 g/mol. The molecule has 1 unspecified atom stereocenters. The van der Waals surface area contributed by atoms with Gasteiger partial charge in [0.1, 0.15) is 11.6 Å². The largest absolute Gasteiger partial charge is 0.341 e. The summed E-state index contributed by atoms with van der Waals surface area (Å²) in [4.78, 5) is 37.2. The minimum absolute atomic E-state index is 0.127. The van der Waals surface area contributed by atoms with E-state index in [1.807, 2.05) is 0 Å². The van der Waals surface area contributed by atoms with Crippen LogP contribution in [0, 0.1) is 23.4 Å². The summed E-state index contributed by atoms with van der Waals surface area (Å²) in [5, 5.41) is 7.98. The number of nitrogens with one attached hydrogen (secondary N) is 1. The number of nitrogens with zero attached hydrogens (tertiary/aromatic N) is 6. The van der Waals surface area contributed by atoms with Gasteiger partial charge in [0.05, 0.1) is 12.2 Å². The third kappa shape index (κ3) is 4.98. The third-order valence-corrected chi connectivity index (χ3v) is 6.83. The number of hydrazone groups is 1. The molecule has 36 heavy (non-hydrogen) atoms. The number of aromatic nitrogens is 2. The highest BCUT2D eigenvalue weighted by atomic mass is 19.1. The first-order valence-electron chi connectivity index (χ1n) is 12.0. The first-order valence-corrected chi connectivity index (χ1v) is 12.0. The number of urea groups is 1. The normalized spacial score (nSPS) is 20.3. The van der Waals surface area contributed by atoms with Gasteiger partial charge >= 0.3 is 6.03 Å². The molecule has 1 aromatic heterocycles. The summed E-state index contributed by atoms with van der Waals surface area (Å²) >= 11 is 0. The van der Waals surface area contributed by atoms with Crippen LogP contribution in [-0.2, 0) is 4.79 Å². The average molecular weight is 502 g/mol. The van der Waals surface area contributed by atoms with Crippen molar-refractivity contribution in [1.29, 1.82) is 0 Å². The second-order valence-electron chi connectivity index (χ2n) is 9.19. The second-order valence-corrected chi connectivity index (χ2v) is 9.19. The maximum atomic E-state index is 14.3. The molecule has 2 aliphatic heterocycles. The number of anilines is 2. The molecule has 1 saturated heterocycles. The van der Waals surface area contributed by atoms with E-state index in [2.05, 4.69) is 20.4 Å². The molecule has 2 aromatic rings. The van der Waals surface area contributed by atoms with Crippen LogP contribution in [0.1, 0.15) is 43.7 Å². The van der Waals surface area contributed by atoms with E-state index in [1.54, 1.807) is 16.0 Å². The van der Waals surface area contributed by atoms with E-state index in [9.17, 15) is 22.8 Å². The standard InChI is InChI=1S/C24H26F3N7O2/c25-17-11-16(12-18(26)13-17)20-5-6-29-34(20)24(36)33-9-7-32(8-10-33)23-28-14-19(27)21(31-23)30-22(35)15-3-1-2-4-15/h6,11-15,20H,1-5,7-10H2,(H,28,30,31,35). The molecule has 1 aliphatic carbocycles. The molecule has 190 valence electrons. The number of hydrogen-bond acceptors (Lipinski definition) is 6. The molecular formula is C24H26F3N7O2.